The molecule has 1 fully saturated rings. The average molecular weight is 176 g/mol. The van der Waals surface area contributed by atoms with Crippen molar-refractivity contribution < 1.29 is 4.84 Å². The van der Waals surface area contributed by atoms with Crippen LogP contribution in [0.1, 0.15) is 25.7 Å². The van der Waals surface area contributed by atoms with Crippen LogP contribution >= 0.6 is 11.6 Å². The van der Waals surface area contributed by atoms with Crippen LogP contribution in [0.25, 0.3) is 0 Å². The molecule has 1 N–H and O–H groups in total. The van der Waals surface area contributed by atoms with Gasteiger partial charge in [-0.15, -0.1) is 0 Å². The van der Waals surface area contributed by atoms with Gasteiger partial charge in [0, 0.05) is 5.03 Å². The van der Waals surface area contributed by atoms with Crippen LogP contribution in [0.2, 0.25) is 0 Å². The smallest absolute Gasteiger partial charge is 0.0790 e. The first-order valence-corrected chi connectivity index (χ1v) is 4.38. The Morgan fingerprint density at radius 2 is 2.18 bits per heavy atom. The maximum absolute atomic E-state index is 5.53. The van der Waals surface area contributed by atoms with Gasteiger partial charge in [-0.2, -0.15) is 5.48 Å². The van der Waals surface area contributed by atoms with Crippen LogP contribution in [0.3, 0.4) is 0 Å². The Labute approximate surface area is 72.5 Å². The second kappa shape index (κ2) is 4.75. The predicted molar refractivity (Wildman–Crippen MR) is 46.3 cm³/mol. The highest BCUT2D eigenvalue weighted by atomic mass is 35.5. The Kier molecular flexibility index (Phi) is 3.91. The molecule has 0 aliphatic heterocycles. The van der Waals surface area contributed by atoms with Crippen LogP contribution in [-0.2, 0) is 4.84 Å². The molecule has 3 heteroatoms. The summed E-state index contributed by atoms with van der Waals surface area (Å²) >= 11 is 5.53. The molecule has 0 heterocycles. The van der Waals surface area contributed by atoms with Crippen molar-refractivity contribution in [3.8, 4) is 0 Å². The minimum absolute atomic E-state index is 0.394. The fourth-order valence-electron chi connectivity index (χ4n) is 1.24. The highest BCUT2D eigenvalue weighted by Gasteiger charge is 2.14. The monoisotopic (exact) mass is 175 g/mol. The van der Waals surface area contributed by atoms with Gasteiger partial charge < -0.3 is 0 Å². The summed E-state index contributed by atoms with van der Waals surface area (Å²) in [6, 6.07) is 0. The molecule has 0 radical (unpaired) electrons. The topological polar surface area (TPSA) is 21.3 Å². The van der Waals surface area contributed by atoms with Gasteiger partial charge in [0.1, 0.15) is 0 Å². The van der Waals surface area contributed by atoms with Gasteiger partial charge >= 0.3 is 0 Å². The summed E-state index contributed by atoms with van der Waals surface area (Å²) in [5, 5.41) is 0.586. The predicted octanol–water partition coefficient (Wildman–Crippen LogP) is 2.20. The molecule has 1 rings (SSSR count). The lowest BCUT2D eigenvalue weighted by Gasteiger charge is -2.10. The third-order valence-corrected chi connectivity index (χ3v) is 1.95. The third kappa shape index (κ3) is 3.75. The summed E-state index contributed by atoms with van der Waals surface area (Å²) in [6.07, 6.45) is 5.30. The molecule has 1 saturated carbocycles. The van der Waals surface area contributed by atoms with Crippen LogP contribution in [0.4, 0.5) is 0 Å². The molecule has 0 atom stereocenters. The van der Waals surface area contributed by atoms with Crippen molar-refractivity contribution in [2.75, 3.05) is 6.54 Å². The molecule has 0 aromatic heterocycles. The molecule has 0 amide bonds. The van der Waals surface area contributed by atoms with E-state index in [1.54, 1.807) is 0 Å². The molecular formula is C8H14ClNO. The highest BCUT2D eigenvalue weighted by Crippen LogP contribution is 2.19. The molecule has 0 aromatic carbocycles. The van der Waals surface area contributed by atoms with Crippen LogP contribution in [0.15, 0.2) is 11.6 Å². The van der Waals surface area contributed by atoms with Gasteiger partial charge in [0.25, 0.3) is 0 Å². The Hall–Kier alpha value is -0.0500. The van der Waals surface area contributed by atoms with Crippen molar-refractivity contribution >= 4 is 11.6 Å². The zero-order valence-electron chi connectivity index (χ0n) is 6.61. The number of rotatable bonds is 4. The molecule has 0 aromatic rings. The van der Waals surface area contributed by atoms with Crippen molar-refractivity contribution in [1.82, 2.24) is 5.48 Å². The number of nitrogens with one attached hydrogen (secondary N) is 1. The minimum Gasteiger partial charge on any atom is -0.298 e. The van der Waals surface area contributed by atoms with Gasteiger partial charge in [0.15, 0.2) is 0 Å². The lowest BCUT2D eigenvalue weighted by Crippen LogP contribution is -2.22. The molecule has 11 heavy (non-hydrogen) atoms. The first kappa shape index (κ1) is 9.04. The summed E-state index contributed by atoms with van der Waals surface area (Å²) in [5.74, 6) is 0. The van der Waals surface area contributed by atoms with Crippen molar-refractivity contribution in [1.29, 1.82) is 0 Å². The fourth-order valence-corrected chi connectivity index (χ4v) is 1.30. The van der Waals surface area contributed by atoms with Crippen molar-refractivity contribution in [3.63, 3.8) is 0 Å². The van der Waals surface area contributed by atoms with Crippen molar-refractivity contribution in [3.05, 3.63) is 11.6 Å². The standard InChI is InChI=1S/C8H14ClNO/c1-7(9)6-10-11-8-4-2-3-5-8/h8,10H,1-6H2. The highest BCUT2D eigenvalue weighted by molar-refractivity contribution is 6.29. The summed E-state index contributed by atoms with van der Waals surface area (Å²) in [4.78, 5) is 5.32. The van der Waals surface area contributed by atoms with Gasteiger partial charge in [-0.1, -0.05) is 31.0 Å². The van der Waals surface area contributed by atoms with Gasteiger partial charge in [-0.05, 0) is 12.8 Å². The molecule has 0 bridgehead atoms. The maximum Gasteiger partial charge on any atom is 0.0790 e. The lowest BCUT2D eigenvalue weighted by atomic mass is 10.3. The van der Waals surface area contributed by atoms with E-state index in [-0.39, 0.29) is 0 Å². The molecule has 64 valence electrons. The van der Waals surface area contributed by atoms with Crippen LogP contribution < -0.4 is 5.48 Å². The molecule has 1 aliphatic carbocycles. The molecule has 0 spiro atoms. The quantitative estimate of drug-likeness (QED) is 0.662. The largest absolute Gasteiger partial charge is 0.298 e. The van der Waals surface area contributed by atoms with Gasteiger partial charge in [0.2, 0.25) is 0 Å². The maximum atomic E-state index is 5.53. The molecule has 2 nitrogen and oxygen atoms in total. The van der Waals surface area contributed by atoms with Gasteiger partial charge in [0.05, 0.1) is 12.6 Å². The summed E-state index contributed by atoms with van der Waals surface area (Å²) in [7, 11) is 0. The van der Waals surface area contributed by atoms with E-state index in [9.17, 15) is 0 Å². The minimum atomic E-state index is 0.394. The van der Waals surface area contributed by atoms with E-state index in [1.807, 2.05) is 0 Å². The van der Waals surface area contributed by atoms with E-state index in [2.05, 4.69) is 12.1 Å². The number of halogens is 1. The van der Waals surface area contributed by atoms with Crippen LogP contribution in [-0.4, -0.2) is 12.6 Å². The summed E-state index contributed by atoms with van der Waals surface area (Å²) < 4.78 is 0. The Morgan fingerprint density at radius 1 is 1.55 bits per heavy atom. The van der Waals surface area contributed by atoms with E-state index in [4.69, 9.17) is 16.4 Å². The molecule has 1 aliphatic rings. The first-order chi connectivity index (χ1) is 5.29. The fraction of sp³-hybridized carbons (Fsp3) is 0.750. The van der Waals surface area contributed by atoms with Gasteiger partial charge in [-0.3, -0.25) is 4.84 Å². The summed E-state index contributed by atoms with van der Waals surface area (Å²) in [6.45, 7) is 4.08. The van der Waals surface area contributed by atoms with E-state index >= 15 is 0 Å². The van der Waals surface area contributed by atoms with Gasteiger partial charge in [-0.25, -0.2) is 0 Å². The first-order valence-electron chi connectivity index (χ1n) is 4.01. The SMILES string of the molecule is C=C(Cl)CNOC1CCCC1. The van der Waals surface area contributed by atoms with Crippen LogP contribution in [0.5, 0.6) is 0 Å². The number of hydroxylamine groups is 1. The average Bonchev–Trinajstić information content (AvgIpc) is 2.39. The second-order valence-electron chi connectivity index (χ2n) is 2.86. The zero-order chi connectivity index (χ0) is 8.10. The number of hydrogen-bond acceptors (Lipinski definition) is 2. The van der Waals surface area contributed by atoms with E-state index in [0.29, 0.717) is 17.7 Å². The van der Waals surface area contributed by atoms with E-state index in [1.165, 1.54) is 25.7 Å². The van der Waals surface area contributed by atoms with Crippen molar-refractivity contribution in [2.45, 2.75) is 31.8 Å². The molecule has 0 saturated heterocycles. The van der Waals surface area contributed by atoms with E-state index in [0.717, 1.165) is 0 Å². The molecule has 0 unspecified atom stereocenters. The Morgan fingerprint density at radius 3 is 2.73 bits per heavy atom. The normalized spacial score (nSPS) is 19.0. The third-order valence-electron chi connectivity index (χ3n) is 1.82. The van der Waals surface area contributed by atoms with Crippen molar-refractivity contribution in [2.24, 2.45) is 0 Å². The second-order valence-corrected chi connectivity index (χ2v) is 3.40. The van der Waals surface area contributed by atoms with Crippen LogP contribution in [0, 0.1) is 0 Å². The Balaban J connectivity index is 1.98. The molecular weight excluding hydrogens is 162 g/mol. The van der Waals surface area contributed by atoms with E-state index < -0.39 is 0 Å². The summed E-state index contributed by atoms with van der Waals surface area (Å²) in [5.41, 5.74) is 2.80. The number of hydrogen-bond donors (Lipinski definition) is 1. The Bertz CT molecular complexity index is 132. The zero-order valence-corrected chi connectivity index (χ0v) is 7.36. The lowest BCUT2D eigenvalue weighted by molar-refractivity contribution is -0.0152.